The van der Waals surface area contributed by atoms with E-state index in [1.54, 1.807) is 7.11 Å². The van der Waals surface area contributed by atoms with Gasteiger partial charge < -0.3 is 4.74 Å². The van der Waals surface area contributed by atoms with Crippen molar-refractivity contribution < 1.29 is 9.53 Å². The number of ketones is 1. The summed E-state index contributed by atoms with van der Waals surface area (Å²) in [7, 11) is 1.69. The zero-order valence-electron chi connectivity index (χ0n) is 8.43. The molecule has 2 nitrogen and oxygen atoms in total. The Hall–Kier alpha value is -0.370. The van der Waals surface area contributed by atoms with Gasteiger partial charge in [0.15, 0.2) is 0 Å². The van der Waals surface area contributed by atoms with E-state index in [1.807, 2.05) is 0 Å². The minimum absolute atomic E-state index is 0.390. The monoisotopic (exact) mass is 172 g/mol. The predicted octanol–water partition coefficient (Wildman–Crippen LogP) is 2.42. The van der Waals surface area contributed by atoms with Crippen molar-refractivity contribution in [3.63, 3.8) is 0 Å². The number of ether oxygens (including phenoxy) is 1. The molecule has 0 aliphatic heterocycles. The van der Waals surface area contributed by atoms with E-state index in [-0.39, 0.29) is 0 Å². The minimum atomic E-state index is 0.390. The van der Waals surface area contributed by atoms with Crippen molar-refractivity contribution in [2.24, 2.45) is 5.92 Å². The SMILES string of the molecule is COCCCCC(=O)CC(C)C. The van der Waals surface area contributed by atoms with Crippen LogP contribution in [0.3, 0.4) is 0 Å². The van der Waals surface area contributed by atoms with E-state index >= 15 is 0 Å². The summed E-state index contributed by atoms with van der Waals surface area (Å²) in [5.74, 6) is 0.890. The third kappa shape index (κ3) is 7.73. The van der Waals surface area contributed by atoms with Gasteiger partial charge in [-0.2, -0.15) is 0 Å². The van der Waals surface area contributed by atoms with Crippen LogP contribution in [0.25, 0.3) is 0 Å². The molecule has 0 fully saturated rings. The van der Waals surface area contributed by atoms with Crippen molar-refractivity contribution in [2.75, 3.05) is 13.7 Å². The molecule has 72 valence electrons. The first-order valence-corrected chi connectivity index (χ1v) is 4.67. The second kappa shape index (κ2) is 7.29. The van der Waals surface area contributed by atoms with Gasteiger partial charge in [0.05, 0.1) is 0 Å². The van der Waals surface area contributed by atoms with Crippen LogP contribution in [-0.2, 0) is 9.53 Å². The second-order valence-corrected chi connectivity index (χ2v) is 3.59. The van der Waals surface area contributed by atoms with E-state index in [0.717, 1.165) is 32.3 Å². The highest BCUT2D eigenvalue weighted by Gasteiger charge is 2.03. The molecule has 0 rings (SSSR count). The highest BCUT2D eigenvalue weighted by atomic mass is 16.5. The fourth-order valence-corrected chi connectivity index (χ4v) is 1.13. The van der Waals surface area contributed by atoms with Crippen LogP contribution >= 0.6 is 0 Å². The zero-order valence-corrected chi connectivity index (χ0v) is 8.43. The summed E-state index contributed by atoms with van der Waals surface area (Å²) in [5.41, 5.74) is 0. The maximum absolute atomic E-state index is 11.2. The van der Waals surface area contributed by atoms with E-state index in [4.69, 9.17) is 4.74 Å². The standard InChI is InChI=1S/C10H20O2/c1-9(2)8-10(11)6-4-5-7-12-3/h9H,4-8H2,1-3H3. The Labute approximate surface area is 75.3 Å². The summed E-state index contributed by atoms with van der Waals surface area (Å²) in [6.45, 7) is 4.93. The van der Waals surface area contributed by atoms with E-state index < -0.39 is 0 Å². The van der Waals surface area contributed by atoms with Gasteiger partial charge in [-0.05, 0) is 18.8 Å². The fourth-order valence-electron chi connectivity index (χ4n) is 1.13. The summed E-state index contributed by atoms with van der Waals surface area (Å²) in [4.78, 5) is 11.2. The number of carbonyl (C=O) groups is 1. The van der Waals surface area contributed by atoms with Crippen LogP contribution < -0.4 is 0 Å². The van der Waals surface area contributed by atoms with Crippen LogP contribution in [0.1, 0.15) is 39.5 Å². The number of methoxy groups -OCH3 is 1. The van der Waals surface area contributed by atoms with Crippen LogP contribution in [0.4, 0.5) is 0 Å². The highest BCUT2D eigenvalue weighted by molar-refractivity contribution is 5.78. The molecule has 0 aromatic rings. The van der Waals surface area contributed by atoms with E-state index in [0.29, 0.717) is 11.7 Å². The summed E-state index contributed by atoms with van der Waals surface area (Å²) in [6.07, 6.45) is 3.42. The molecule has 12 heavy (non-hydrogen) atoms. The van der Waals surface area contributed by atoms with Gasteiger partial charge in [-0.15, -0.1) is 0 Å². The van der Waals surface area contributed by atoms with Crippen LogP contribution in [0, 0.1) is 5.92 Å². The maximum Gasteiger partial charge on any atom is 0.133 e. The molecule has 0 N–H and O–H groups in total. The number of unbranched alkanes of at least 4 members (excludes halogenated alkanes) is 1. The molecule has 0 spiro atoms. The first-order valence-electron chi connectivity index (χ1n) is 4.67. The largest absolute Gasteiger partial charge is 0.385 e. The lowest BCUT2D eigenvalue weighted by Gasteiger charge is -2.03. The lowest BCUT2D eigenvalue weighted by atomic mass is 10.0. The molecule has 0 saturated carbocycles. The van der Waals surface area contributed by atoms with E-state index in [2.05, 4.69) is 13.8 Å². The lowest BCUT2D eigenvalue weighted by Crippen LogP contribution is -2.03. The molecule has 0 unspecified atom stereocenters. The average molecular weight is 172 g/mol. The molecule has 0 aromatic carbocycles. The molecule has 0 atom stereocenters. The first kappa shape index (κ1) is 11.6. The van der Waals surface area contributed by atoms with Crippen LogP contribution in [0.15, 0.2) is 0 Å². The molecule has 0 radical (unpaired) electrons. The van der Waals surface area contributed by atoms with Crippen molar-refractivity contribution in [3.8, 4) is 0 Å². The molecular formula is C10H20O2. The summed E-state index contributed by atoms with van der Waals surface area (Å²) in [6, 6.07) is 0. The van der Waals surface area contributed by atoms with E-state index in [9.17, 15) is 4.79 Å². The van der Waals surface area contributed by atoms with E-state index in [1.165, 1.54) is 0 Å². The molecular weight excluding hydrogens is 152 g/mol. The predicted molar refractivity (Wildman–Crippen MR) is 50.2 cm³/mol. The molecule has 0 aromatic heterocycles. The number of hydrogen-bond donors (Lipinski definition) is 0. The Morgan fingerprint density at radius 2 is 2.00 bits per heavy atom. The third-order valence-corrected chi connectivity index (χ3v) is 1.69. The number of hydrogen-bond acceptors (Lipinski definition) is 2. The smallest absolute Gasteiger partial charge is 0.133 e. The van der Waals surface area contributed by atoms with Crippen molar-refractivity contribution in [2.45, 2.75) is 39.5 Å². The molecule has 0 amide bonds. The van der Waals surface area contributed by atoms with Crippen LogP contribution in [-0.4, -0.2) is 19.5 Å². The number of carbonyl (C=O) groups excluding carboxylic acids is 1. The highest BCUT2D eigenvalue weighted by Crippen LogP contribution is 2.05. The normalized spacial score (nSPS) is 10.7. The lowest BCUT2D eigenvalue weighted by molar-refractivity contribution is -0.119. The quantitative estimate of drug-likeness (QED) is 0.551. The summed E-state index contributed by atoms with van der Waals surface area (Å²) < 4.78 is 4.89. The van der Waals surface area contributed by atoms with Gasteiger partial charge >= 0.3 is 0 Å². The van der Waals surface area contributed by atoms with Gasteiger partial charge in [0.1, 0.15) is 5.78 Å². The Bertz CT molecular complexity index is 119. The average Bonchev–Trinajstić information content (AvgIpc) is 1.97. The summed E-state index contributed by atoms with van der Waals surface area (Å²) in [5, 5.41) is 0. The van der Waals surface area contributed by atoms with Crippen LogP contribution in [0.5, 0.6) is 0 Å². The molecule has 0 aliphatic rings. The Morgan fingerprint density at radius 3 is 2.50 bits per heavy atom. The van der Waals surface area contributed by atoms with Crippen LogP contribution in [0.2, 0.25) is 0 Å². The molecule has 0 heterocycles. The Kier molecular flexibility index (Phi) is 7.06. The van der Waals surface area contributed by atoms with Crippen molar-refractivity contribution in [3.05, 3.63) is 0 Å². The van der Waals surface area contributed by atoms with Crippen molar-refractivity contribution in [1.29, 1.82) is 0 Å². The second-order valence-electron chi connectivity index (χ2n) is 3.59. The van der Waals surface area contributed by atoms with Gasteiger partial charge in [0.2, 0.25) is 0 Å². The van der Waals surface area contributed by atoms with Gasteiger partial charge in [-0.1, -0.05) is 13.8 Å². The minimum Gasteiger partial charge on any atom is -0.385 e. The first-order chi connectivity index (χ1) is 5.66. The van der Waals surface area contributed by atoms with Gasteiger partial charge in [0.25, 0.3) is 0 Å². The van der Waals surface area contributed by atoms with Crippen molar-refractivity contribution in [1.82, 2.24) is 0 Å². The third-order valence-electron chi connectivity index (χ3n) is 1.69. The number of rotatable bonds is 7. The topological polar surface area (TPSA) is 26.3 Å². The molecule has 2 heteroatoms. The zero-order chi connectivity index (χ0) is 9.40. The Morgan fingerprint density at radius 1 is 1.33 bits per heavy atom. The van der Waals surface area contributed by atoms with Crippen molar-refractivity contribution >= 4 is 5.78 Å². The van der Waals surface area contributed by atoms with Gasteiger partial charge in [-0.3, -0.25) is 4.79 Å². The maximum atomic E-state index is 11.2. The summed E-state index contributed by atoms with van der Waals surface area (Å²) >= 11 is 0. The molecule has 0 saturated heterocycles. The number of Topliss-reactive ketones (excluding diaryl/α,β-unsaturated/α-hetero) is 1. The fraction of sp³-hybridized carbons (Fsp3) is 0.900. The Balaban J connectivity index is 3.20. The van der Waals surface area contributed by atoms with Gasteiger partial charge in [-0.25, -0.2) is 0 Å². The molecule has 0 aliphatic carbocycles. The van der Waals surface area contributed by atoms with Gasteiger partial charge in [0, 0.05) is 26.6 Å². The molecule has 0 bridgehead atoms.